The number of imide groups is 1. The molecule has 15 heavy (non-hydrogen) atoms. The van der Waals surface area contributed by atoms with Crippen molar-refractivity contribution in [2.45, 2.75) is 0 Å². The molecule has 0 radical (unpaired) electrons. The number of amides is 2. The fourth-order valence-corrected chi connectivity index (χ4v) is 1.47. The lowest BCUT2D eigenvalue weighted by Gasteiger charge is -2.26. The van der Waals surface area contributed by atoms with Crippen LogP contribution in [0.3, 0.4) is 0 Å². The molecule has 78 valence electrons. The molecule has 5 nitrogen and oxygen atoms in total. The molecule has 2 amide bonds. The van der Waals surface area contributed by atoms with Crippen molar-refractivity contribution in [3.8, 4) is 0 Å². The summed E-state index contributed by atoms with van der Waals surface area (Å²) in [6, 6.07) is 3.34. The van der Waals surface area contributed by atoms with Crippen LogP contribution >= 0.6 is 11.6 Å². The van der Waals surface area contributed by atoms with Crippen LogP contribution in [0.4, 0.5) is 5.82 Å². The Morgan fingerprint density at radius 2 is 1.93 bits per heavy atom. The second-order valence-electron chi connectivity index (χ2n) is 3.16. The van der Waals surface area contributed by atoms with Gasteiger partial charge in [-0.05, 0) is 12.1 Å². The average molecular weight is 226 g/mol. The van der Waals surface area contributed by atoms with Crippen molar-refractivity contribution in [3.05, 3.63) is 23.4 Å². The number of carbonyl (C=O) groups excluding carboxylic acids is 2. The van der Waals surface area contributed by atoms with Gasteiger partial charge < -0.3 is 4.90 Å². The van der Waals surface area contributed by atoms with E-state index >= 15 is 0 Å². The van der Waals surface area contributed by atoms with Gasteiger partial charge in [0.25, 0.3) is 0 Å². The lowest BCUT2D eigenvalue weighted by atomic mass is 10.3. The van der Waals surface area contributed by atoms with Gasteiger partial charge in [0.05, 0.1) is 18.1 Å². The molecular formula is C9H8ClN3O2. The molecule has 1 aromatic rings. The minimum Gasteiger partial charge on any atom is -0.338 e. The van der Waals surface area contributed by atoms with E-state index in [1.165, 1.54) is 6.20 Å². The molecule has 1 aliphatic rings. The van der Waals surface area contributed by atoms with Crippen LogP contribution in [0.1, 0.15) is 0 Å². The van der Waals surface area contributed by atoms with Gasteiger partial charge in [-0.25, -0.2) is 4.98 Å². The Labute approximate surface area is 91.0 Å². The highest BCUT2D eigenvalue weighted by molar-refractivity contribution is 6.30. The summed E-state index contributed by atoms with van der Waals surface area (Å²) in [5.41, 5.74) is 0. The molecule has 0 aliphatic carbocycles. The third-order valence-corrected chi connectivity index (χ3v) is 2.21. The van der Waals surface area contributed by atoms with Crippen LogP contribution in [-0.4, -0.2) is 29.9 Å². The molecule has 0 unspecified atom stereocenters. The van der Waals surface area contributed by atoms with Crippen molar-refractivity contribution in [2.75, 3.05) is 18.0 Å². The maximum Gasteiger partial charge on any atom is 0.246 e. The van der Waals surface area contributed by atoms with E-state index < -0.39 is 0 Å². The van der Waals surface area contributed by atoms with Gasteiger partial charge >= 0.3 is 0 Å². The van der Waals surface area contributed by atoms with Crippen molar-refractivity contribution in [2.24, 2.45) is 0 Å². The first kappa shape index (κ1) is 9.92. The third-order valence-electron chi connectivity index (χ3n) is 1.98. The van der Waals surface area contributed by atoms with Crippen LogP contribution in [0.15, 0.2) is 18.3 Å². The number of pyridine rings is 1. The standard InChI is InChI=1S/C9H8ClN3O2/c10-6-1-2-7(11-3-6)13-4-8(14)12-9(15)5-13/h1-3H,4-5H2,(H,12,14,15). The Morgan fingerprint density at radius 3 is 2.47 bits per heavy atom. The number of hydrogen-bond acceptors (Lipinski definition) is 4. The minimum atomic E-state index is -0.317. The highest BCUT2D eigenvalue weighted by Gasteiger charge is 2.23. The molecule has 0 aromatic carbocycles. The van der Waals surface area contributed by atoms with Crippen molar-refractivity contribution in [1.82, 2.24) is 10.3 Å². The van der Waals surface area contributed by atoms with Gasteiger partial charge in [0, 0.05) is 6.20 Å². The topological polar surface area (TPSA) is 62.3 Å². The Kier molecular flexibility index (Phi) is 2.55. The summed E-state index contributed by atoms with van der Waals surface area (Å²) in [5.74, 6) is -0.0615. The molecular weight excluding hydrogens is 218 g/mol. The Morgan fingerprint density at radius 1 is 1.27 bits per heavy atom. The third kappa shape index (κ3) is 2.24. The molecule has 1 fully saturated rings. The van der Waals surface area contributed by atoms with Crippen LogP contribution in [0, 0.1) is 0 Å². The predicted molar refractivity (Wildman–Crippen MR) is 54.6 cm³/mol. The monoisotopic (exact) mass is 225 g/mol. The molecule has 0 saturated carbocycles. The molecule has 0 atom stereocenters. The van der Waals surface area contributed by atoms with Crippen molar-refractivity contribution >= 4 is 29.2 Å². The molecule has 1 N–H and O–H groups in total. The predicted octanol–water partition coefficient (Wildman–Crippen LogP) is 0.198. The maximum absolute atomic E-state index is 11.1. The molecule has 1 aliphatic heterocycles. The molecule has 6 heteroatoms. The SMILES string of the molecule is O=C1CN(c2ccc(Cl)cn2)CC(=O)N1. The van der Waals surface area contributed by atoms with E-state index in [0.29, 0.717) is 10.8 Å². The number of hydrogen-bond donors (Lipinski definition) is 1. The number of nitrogens with zero attached hydrogens (tertiary/aromatic N) is 2. The normalized spacial score (nSPS) is 16.5. The summed E-state index contributed by atoms with van der Waals surface area (Å²) in [6.45, 7) is 0.279. The first-order valence-corrected chi connectivity index (χ1v) is 4.72. The van der Waals surface area contributed by atoms with Gasteiger partial charge in [-0.3, -0.25) is 14.9 Å². The highest BCUT2D eigenvalue weighted by atomic mass is 35.5. The fourth-order valence-electron chi connectivity index (χ4n) is 1.35. The first-order chi connectivity index (χ1) is 7.15. The molecule has 2 heterocycles. The average Bonchev–Trinajstić information content (AvgIpc) is 2.17. The van der Waals surface area contributed by atoms with Crippen molar-refractivity contribution in [1.29, 1.82) is 0 Å². The second-order valence-corrected chi connectivity index (χ2v) is 3.60. The lowest BCUT2D eigenvalue weighted by Crippen LogP contribution is -2.51. The van der Waals surface area contributed by atoms with Crippen LogP contribution in [0.5, 0.6) is 0 Å². The summed E-state index contributed by atoms with van der Waals surface area (Å²) >= 11 is 5.68. The van der Waals surface area contributed by atoms with E-state index in [4.69, 9.17) is 11.6 Å². The number of piperazine rings is 1. The van der Waals surface area contributed by atoms with E-state index in [0.717, 1.165) is 0 Å². The van der Waals surface area contributed by atoms with Crippen LogP contribution < -0.4 is 10.2 Å². The van der Waals surface area contributed by atoms with Crippen LogP contribution in [0.2, 0.25) is 5.02 Å². The van der Waals surface area contributed by atoms with E-state index in [-0.39, 0.29) is 24.9 Å². The molecule has 0 spiro atoms. The number of anilines is 1. The van der Waals surface area contributed by atoms with Crippen LogP contribution in [-0.2, 0) is 9.59 Å². The van der Waals surface area contributed by atoms with Gasteiger partial charge in [0.15, 0.2) is 0 Å². The molecule has 2 rings (SSSR count). The zero-order chi connectivity index (χ0) is 10.8. The van der Waals surface area contributed by atoms with Crippen molar-refractivity contribution < 1.29 is 9.59 Å². The van der Waals surface area contributed by atoms with E-state index in [1.54, 1.807) is 17.0 Å². The Hall–Kier alpha value is -1.62. The Balaban J connectivity index is 2.19. The number of nitrogens with one attached hydrogen (secondary N) is 1. The molecule has 1 saturated heterocycles. The summed E-state index contributed by atoms with van der Waals surface area (Å²) in [7, 11) is 0. The number of halogens is 1. The highest BCUT2D eigenvalue weighted by Crippen LogP contribution is 2.14. The molecule has 1 aromatic heterocycles. The zero-order valence-corrected chi connectivity index (χ0v) is 8.49. The van der Waals surface area contributed by atoms with E-state index in [2.05, 4.69) is 10.3 Å². The fraction of sp³-hybridized carbons (Fsp3) is 0.222. The Bertz CT molecular complexity index is 388. The van der Waals surface area contributed by atoms with Gasteiger partial charge in [-0.15, -0.1) is 0 Å². The second kappa shape index (κ2) is 3.86. The zero-order valence-electron chi connectivity index (χ0n) is 7.74. The number of aromatic nitrogens is 1. The summed E-state index contributed by atoms with van der Waals surface area (Å²) in [4.78, 5) is 27.8. The van der Waals surface area contributed by atoms with Crippen LogP contribution in [0.25, 0.3) is 0 Å². The molecule has 0 bridgehead atoms. The van der Waals surface area contributed by atoms with E-state index in [1.807, 2.05) is 0 Å². The first-order valence-electron chi connectivity index (χ1n) is 4.34. The van der Waals surface area contributed by atoms with Gasteiger partial charge in [-0.2, -0.15) is 0 Å². The minimum absolute atomic E-state index is 0.139. The quantitative estimate of drug-likeness (QED) is 0.694. The number of carbonyl (C=O) groups is 2. The summed E-state index contributed by atoms with van der Waals surface area (Å²) < 4.78 is 0. The smallest absolute Gasteiger partial charge is 0.246 e. The van der Waals surface area contributed by atoms with Gasteiger partial charge in [0.2, 0.25) is 11.8 Å². The summed E-state index contributed by atoms with van der Waals surface area (Å²) in [5, 5.41) is 2.74. The van der Waals surface area contributed by atoms with Gasteiger partial charge in [0.1, 0.15) is 5.82 Å². The maximum atomic E-state index is 11.1. The lowest BCUT2D eigenvalue weighted by molar-refractivity contribution is -0.130. The summed E-state index contributed by atoms with van der Waals surface area (Å²) in [6.07, 6.45) is 1.48. The number of rotatable bonds is 1. The van der Waals surface area contributed by atoms with Gasteiger partial charge in [-0.1, -0.05) is 11.6 Å². The van der Waals surface area contributed by atoms with E-state index in [9.17, 15) is 9.59 Å². The largest absolute Gasteiger partial charge is 0.338 e. The van der Waals surface area contributed by atoms with Crippen molar-refractivity contribution in [3.63, 3.8) is 0 Å².